The van der Waals surface area contributed by atoms with Gasteiger partial charge in [-0.05, 0) is 52.7 Å². The van der Waals surface area contributed by atoms with Gasteiger partial charge in [-0.25, -0.2) is 0 Å². The second-order valence-corrected chi connectivity index (χ2v) is 6.21. The van der Waals surface area contributed by atoms with Gasteiger partial charge in [0.2, 0.25) is 0 Å². The molecule has 0 bridgehead atoms. The summed E-state index contributed by atoms with van der Waals surface area (Å²) in [4.78, 5) is 14.4. The van der Waals surface area contributed by atoms with Crippen molar-refractivity contribution in [3.63, 3.8) is 0 Å². The fourth-order valence-electron chi connectivity index (χ4n) is 3.28. The molecule has 3 unspecified atom stereocenters. The van der Waals surface area contributed by atoms with Crippen molar-refractivity contribution in [2.24, 2.45) is 17.6 Å². The number of carbonyl (C=O) groups excluding carboxylic acids is 1. The first-order valence-corrected chi connectivity index (χ1v) is 7.25. The molecule has 3 atom stereocenters. The molecular weight excluding hydrogens is 292 g/mol. The molecule has 2 aliphatic rings. The van der Waals surface area contributed by atoms with Crippen molar-refractivity contribution in [3.05, 3.63) is 34.3 Å². The van der Waals surface area contributed by atoms with E-state index >= 15 is 0 Å². The van der Waals surface area contributed by atoms with E-state index < -0.39 is 0 Å². The van der Waals surface area contributed by atoms with Gasteiger partial charge in [0.05, 0.1) is 5.56 Å². The maximum absolute atomic E-state index is 12.5. The molecule has 3 rings (SSSR count). The van der Waals surface area contributed by atoms with Gasteiger partial charge in [0.25, 0.3) is 5.91 Å². The maximum atomic E-state index is 12.5. The number of halogens is 1. The van der Waals surface area contributed by atoms with E-state index in [0.717, 1.165) is 29.5 Å². The molecule has 0 aromatic heterocycles. The summed E-state index contributed by atoms with van der Waals surface area (Å²) in [5.74, 6) is 1.26. The zero-order valence-electron chi connectivity index (χ0n) is 10.2. The molecule has 1 heterocycles. The van der Waals surface area contributed by atoms with Crippen LogP contribution in [0.5, 0.6) is 0 Å². The van der Waals surface area contributed by atoms with E-state index in [9.17, 15) is 4.79 Å². The van der Waals surface area contributed by atoms with Gasteiger partial charge in [0, 0.05) is 23.6 Å². The van der Waals surface area contributed by atoms with E-state index in [1.54, 1.807) is 0 Å². The van der Waals surface area contributed by atoms with Crippen LogP contribution in [0.2, 0.25) is 0 Å². The Morgan fingerprint density at radius 1 is 1.28 bits per heavy atom. The first-order chi connectivity index (χ1) is 8.66. The van der Waals surface area contributed by atoms with Crippen molar-refractivity contribution in [3.8, 4) is 0 Å². The SMILES string of the molecule is NC1CCC2CN(C(=O)c3ccccc3Br)CC12. The quantitative estimate of drug-likeness (QED) is 0.865. The Hall–Kier alpha value is -0.870. The normalized spacial score (nSPS) is 30.6. The average molecular weight is 309 g/mol. The molecule has 1 aromatic carbocycles. The minimum absolute atomic E-state index is 0.129. The summed E-state index contributed by atoms with van der Waals surface area (Å²) >= 11 is 3.44. The molecule has 1 amide bonds. The van der Waals surface area contributed by atoms with Crippen molar-refractivity contribution >= 4 is 21.8 Å². The first-order valence-electron chi connectivity index (χ1n) is 6.46. The molecule has 1 aromatic rings. The highest BCUT2D eigenvalue weighted by atomic mass is 79.9. The van der Waals surface area contributed by atoms with Crippen LogP contribution in [0.1, 0.15) is 23.2 Å². The summed E-state index contributed by atoms with van der Waals surface area (Å²) < 4.78 is 0.872. The van der Waals surface area contributed by atoms with Crippen molar-refractivity contribution in [2.45, 2.75) is 18.9 Å². The Balaban J connectivity index is 1.78. The van der Waals surface area contributed by atoms with E-state index in [1.807, 2.05) is 29.2 Å². The third-order valence-corrected chi connectivity index (χ3v) is 5.00. The summed E-state index contributed by atoms with van der Waals surface area (Å²) in [6.45, 7) is 1.70. The van der Waals surface area contributed by atoms with Crippen LogP contribution in [-0.2, 0) is 0 Å². The lowest BCUT2D eigenvalue weighted by molar-refractivity contribution is 0.0778. The summed E-state index contributed by atoms with van der Waals surface area (Å²) in [6, 6.07) is 7.90. The largest absolute Gasteiger partial charge is 0.338 e. The lowest BCUT2D eigenvalue weighted by Gasteiger charge is -2.19. The number of nitrogens with two attached hydrogens (primary N) is 1. The first kappa shape index (κ1) is 12.2. The van der Waals surface area contributed by atoms with E-state index in [2.05, 4.69) is 15.9 Å². The molecule has 18 heavy (non-hydrogen) atoms. The molecule has 1 aliphatic carbocycles. The summed E-state index contributed by atoms with van der Waals surface area (Å²) in [5, 5.41) is 0. The highest BCUT2D eigenvalue weighted by Gasteiger charge is 2.42. The number of rotatable bonds is 1. The van der Waals surface area contributed by atoms with Crippen molar-refractivity contribution in [2.75, 3.05) is 13.1 Å². The molecule has 4 heteroatoms. The number of hydrogen-bond acceptors (Lipinski definition) is 2. The predicted octanol–water partition coefficient (Wildman–Crippen LogP) is 2.26. The Morgan fingerprint density at radius 2 is 2.06 bits per heavy atom. The van der Waals surface area contributed by atoms with Gasteiger partial charge in [0.15, 0.2) is 0 Å². The van der Waals surface area contributed by atoms with Crippen LogP contribution in [0.3, 0.4) is 0 Å². The lowest BCUT2D eigenvalue weighted by Crippen LogP contribution is -2.33. The van der Waals surface area contributed by atoms with Crippen LogP contribution in [0.15, 0.2) is 28.7 Å². The molecule has 1 saturated carbocycles. The van der Waals surface area contributed by atoms with Crippen LogP contribution >= 0.6 is 15.9 Å². The fourth-order valence-corrected chi connectivity index (χ4v) is 3.73. The fraction of sp³-hybridized carbons (Fsp3) is 0.500. The van der Waals surface area contributed by atoms with Crippen molar-refractivity contribution in [1.29, 1.82) is 0 Å². The van der Waals surface area contributed by atoms with Crippen LogP contribution in [0.4, 0.5) is 0 Å². The minimum Gasteiger partial charge on any atom is -0.338 e. The molecule has 96 valence electrons. The topological polar surface area (TPSA) is 46.3 Å². The van der Waals surface area contributed by atoms with E-state index in [4.69, 9.17) is 5.73 Å². The van der Waals surface area contributed by atoms with Crippen molar-refractivity contribution < 1.29 is 4.79 Å². The maximum Gasteiger partial charge on any atom is 0.255 e. The molecule has 0 radical (unpaired) electrons. The number of carbonyl (C=O) groups is 1. The third-order valence-electron chi connectivity index (χ3n) is 4.30. The Kier molecular flexibility index (Phi) is 3.16. The minimum atomic E-state index is 0.129. The molecule has 0 spiro atoms. The van der Waals surface area contributed by atoms with E-state index in [0.29, 0.717) is 11.8 Å². The van der Waals surface area contributed by atoms with E-state index in [1.165, 1.54) is 6.42 Å². The zero-order chi connectivity index (χ0) is 12.7. The summed E-state index contributed by atoms with van der Waals surface area (Å²) in [7, 11) is 0. The molecule has 1 saturated heterocycles. The number of fused-ring (bicyclic) bond motifs is 1. The standard InChI is InChI=1S/C14H17BrN2O/c15-12-4-2-1-3-10(12)14(18)17-7-9-5-6-13(16)11(9)8-17/h1-4,9,11,13H,5-8,16H2. The lowest BCUT2D eigenvalue weighted by atomic mass is 9.98. The number of nitrogens with zero attached hydrogens (tertiary/aromatic N) is 1. The summed E-state index contributed by atoms with van der Waals surface area (Å²) in [5.41, 5.74) is 6.86. The zero-order valence-corrected chi connectivity index (χ0v) is 11.8. The Morgan fingerprint density at radius 3 is 2.78 bits per heavy atom. The van der Waals surface area contributed by atoms with Gasteiger partial charge in [-0.2, -0.15) is 0 Å². The van der Waals surface area contributed by atoms with Gasteiger partial charge in [0.1, 0.15) is 0 Å². The predicted molar refractivity (Wildman–Crippen MR) is 74.2 cm³/mol. The number of amides is 1. The van der Waals surface area contributed by atoms with Gasteiger partial charge in [-0.1, -0.05) is 12.1 Å². The second kappa shape index (κ2) is 4.67. The van der Waals surface area contributed by atoms with Gasteiger partial charge in [-0.3, -0.25) is 4.79 Å². The van der Waals surface area contributed by atoms with Crippen LogP contribution in [-0.4, -0.2) is 29.9 Å². The van der Waals surface area contributed by atoms with Gasteiger partial charge < -0.3 is 10.6 Å². The Bertz CT molecular complexity index is 477. The summed E-state index contributed by atoms with van der Waals surface area (Å²) in [6.07, 6.45) is 2.29. The van der Waals surface area contributed by atoms with Crippen LogP contribution < -0.4 is 5.73 Å². The Labute approximate surface area is 115 Å². The second-order valence-electron chi connectivity index (χ2n) is 5.36. The molecule has 2 N–H and O–H groups in total. The smallest absolute Gasteiger partial charge is 0.255 e. The highest BCUT2D eigenvalue weighted by Crippen LogP contribution is 2.37. The number of benzene rings is 1. The van der Waals surface area contributed by atoms with Crippen molar-refractivity contribution in [1.82, 2.24) is 4.90 Å². The molecular formula is C14H17BrN2O. The van der Waals surface area contributed by atoms with Crippen LogP contribution in [0.25, 0.3) is 0 Å². The molecule has 1 aliphatic heterocycles. The number of likely N-dealkylation sites (tertiary alicyclic amines) is 1. The van der Waals surface area contributed by atoms with Gasteiger partial charge in [-0.15, -0.1) is 0 Å². The van der Waals surface area contributed by atoms with E-state index in [-0.39, 0.29) is 11.9 Å². The monoisotopic (exact) mass is 308 g/mol. The highest BCUT2D eigenvalue weighted by molar-refractivity contribution is 9.10. The van der Waals surface area contributed by atoms with Crippen LogP contribution in [0, 0.1) is 11.8 Å². The molecule has 2 fully saturated rings. The third kappa shape index (κ3) is 1.97. The number of hydrogen-bond donors (Lipinski definition) is 1. The molecule has 3 nitrogen and oxygen atoms in total. The average Bonchev–Trinajstić information content (AvgIpc) is 2.92. The van der Waals surface area contributed by atoms with Gasteiger partial charge >= 0.3 is 0 Å².